The Morgan fingerprint density at radius 3 is 2.14 bits per heavy atom. The molecule has 0 bridgehead atoms. The van der Waals surface area contributed by atoms with E-state index in [1.807, 2.05) is 6.07 Å². The van der Waals surface area contributed by atoms with Gasteiger partial charge in [0.1, 0.15) is 34.2 Å². The lowest BCUT2D eigenvalue weighted by molar-refractivity contribution is 0.391. The second kappa shape index (κ2) is 10.8. The normalized spacial score (nSPS) is 11.3. The van der Waals surface area contributed by atoms with Crippen molar-refractivity contribution in [3.63, 3.8) is 0 Å². The fraction of sp³-hybridized carbons (Fsp3) is 0.147. The maximum Gasteiger partial charge on any atom is 0.262 e. The van der Waals surface area contributed by atoms with Gasteiger partial charge in [-0.2, -0.15) is 0 Å². The Morgan fingerprint density at radius 2 is 1.45 bits per heavy atom. The number of hydrogen-bond donors (Lipinski definition) is 4. The van der Waals surface area contributed by atoms with E-state index in [0.717, 1.165) is 5.56 Å². The van der Waals surface area contributed by atoms with Crippen molar-refractivity contribution in [1.29, 1.82) is 0 Å². The molecule has 0 atom stereocenters. The van der Waals surface area contributed by atoms with E-state index in [9.17, 15) is 25.2 Å². The molecule has 44 heavy (non-hydrogen) atoms. The first-order chi connectivity index (χ1) is 21.2. The fourth-order valence-electron chi connectivity index (χ4n) is 5.67. The van der Waals surface area contributed by atoms with Crippen LogP contribution >= 0.6 is 0 Å². The van der Waals surface area contributed by atoms with Crippen LogP contribution in [0.1, 0.15) is 11.1 Å². The van der Waals surface area contributed by atoms with E-state index in [2.05, 4.69) is 0 Å². The van der Waals surface area contributed by atoms with Gasteiger partial charge < -0.3 is 43.8 Å². The summed E-state index contributed by atoms with van der Waals surface area (Å²) in [7, 11) is 5.85. The third-order valence-electron chi connectivity index (χ3n) is 7.72. The third kappa shape index (κ3) is 4.48. The Kier molecular flexibility index (Phi) is 6.97. The molecule has 0 saturated heterocycles. The molecule has 0 aliphatic rings. The van der Waals surface area contributed by atoms with Gasteiger partial charge in [0.15, 0.2) is 23.0 Å². The van der Waals surface area contributed by atoms with E-state index in [0.29, 0.717) is 55.3 Å². The second-order valence-corrected chi connectivity index (χ2v) is 10.1. The Balaban J connectivity index is 1.87. The van der Waals surface area contributed by atoms with Crippen LogP contribution < -0.4 is 24.4 Å². The van der Waals surface area contributed by atoms with E-state index in [1.54, 1.807) is 44.6 Å². The third-order valence-corrected chi connectivity index (χ3v) is 7.72. The van der Waals surface area contributed by atoms with E-state index in [4.69, 9.17) is 23.4 Å². The molecule has 0 aliphatic carbocycles. The molecule has 0 unspecified atom stereocenters. The van der Waals surface area contributed by atoms with E-state index >= 15 is 0 Å². The molecule has 10 nitrogen and oxygen atoms in total. The SMILES string of the molecule is COc1ccc(Cc2c(-c3ccc(O)cc3O)c3cc(OC)c(=O)c(OC)c3c3cc4cc(O)c(O)cc4oc23)c(OC)c1. The molecule has 0 fully saturated rings. The molecule has 0 radical (unpaired) electrons. The lowest BCUT2D eigenvalue weighted by atomic mass is 9.86. The Morgan fingerprint density at radius 1 is 0.705 bits per heavy atom. The summed E-state index contributed by atoms with van der Waals surface area (Å²) < 4.78 is 28.7. The second-order valence-electron chi connectivity index (χ2n) is 10.1. The maximum atomic E-state index is 13.5. The summed E-state index contributed by atoms with van der Waals surface area (Å²) in [4.78, 5) is 13.5. The molecule has 0 spiro atoms. The average molecular weight is 597 g/mol. The topological polar surface area (TPSA) is 148 Å². The van der Waals surface area contributed by atoms with Gasteiger partial charge in [-0.1, -0.05) is 6.07 Å². The average Bonchev–Trinajstić information content (AvgIpc) is 3.01. The number of phenols is 4. The largest absolute Gasteiger partial charge is 0.508 e. The number of aromatic hydroxyl groups is 4. The summed E-state index contributed by atoms with van der Waals surface area (Å²) in [6, 6.07) is 15.6. The lowest BCUT2D eigenvalue weighted by Crippen LogP contribution is -2.10. The van der Waals surface area contributed by atoms with Crippen LogP contribution in [-0.2, 0) is 6.42 Å². The first-order valence-corrected chi connectivity index (χ1v) is 13.4. The highest BCUT2D eigenvalue weighted by Gasteiger charge is 2.27. The molecule has 1 aromatic heterocycles. The summed E-state index contributed by atoms with van der Waals surface area (Å²) in [5.74, 6) is 0.0413. The highest BCUT2D eigenvalue weighted by Crippen LogP contribution is 2.48. The van der Waals surface area contributed by atoms with Crippen LogP contribution in [0.25, 0.3) is 43.8 Å². The zero-order valence-corrected chi connectivity index (χ0v) is 24.2. The minimum absolute atomic E-state index is 0.0153. The molecule has 6 rings (SSSR count). The standard InChI is InChI=1S/C34H28O10/c1-40-19-7-5-16(27(13-19)41-2)9-22-30(20-8-6-18(35)12-24(20)36)21-14-29(42-3)32(39)34(43-4)31(21)23-10-17-11-25(37)26(38)15-28(17)44-33(22)23/h5-8,10-15,35-38H,9H2,1-4H3. The van der Waals surface area contributed by atoms with Crippen molar-refractivity contribution >= 4 is 32.7 Å². The van der Waals surface area contributed by atoms with Crippen molar-refractivity contribution in [1.82, 2.24) is 0 Å². The van der Waals surface area contributed by atoms with Crippen molar-refractivity contribution in [3.05, 3.63) is 82.0 Å². The van der Waals surface area contributed by atoms with Gasteiger partial charge in [-0.25, -0.2) is 0 Å². The van der Waals surface area contributed by atoms with Gasteiger partial charge >= 0.3 is 0 Å². The summed E-state index contributed by atoms with van der Waals surface area (Å²) in [5, 5.41) is 43.6. The molecule has 5 aromatic carbocycles. The van der Waals surface area contributed by atoms with Crippen molar-refractivity contribution in [3.8, 4) is 57.1 Å². The van der Waals surface area contributed by atoms with Crippen molar-refractivity contribution in [2.24, 2.45) is 0 Å². The smallest absolute Gasteiger partial charge is 0.262 e. The van der Waals surface area contributed by atoms with Crippen LogP contribution in [0, 0.1) is 0 Å². The van der Waals surface area contributed by atoms with Gasteiger partial charge in [0, 0.05) is 57.5 Å². The summed E-state index contributed by atoms with van der Waals surface area (Å²) >= 11 is 0. The van der Waals surface area contributed by atoms with Crippen LogP contribution in [0.4, 0.5) is 0 Å². The Bertz CT molecular complexity index is 2160. The lowest BCUT2D eigenvalue weighted by Gasteiger charge is -2.21. The van der Waals surface area contributed by atoms with Gasteiger partial charge in [0.25, 0.3) is 5.43 Å². The number of fused-ring (bicyclic) bond motifs is 4. The Labute approximate surface area is 250 Å². The summed E-state index contributed by atoms with van der Waals surface area (Å²) in [6.45, 7) is 0. The molecule has 0 aliphatic heterocycles. The zero-order valence-electron chi connectivity index (χ0n) is 24.2. The number of hydrogen-bond acceptors (Lipinski definition) is 10. The predicted molar refractivity (Wildman–Crippen MR) is 165 cm³/mol. The fourth-order valence-corrected chi connectivity index (χ4v) is 5.67. The molecule has 224 valence electrons. The number of rotatable bonds is 7. The van der Waals surface area contributed by atoms with Gasteiger partial charge in [-0.15, -0.1) is 0 Å². The number of benzene rings is 5. The van der Waals surface area contributed by atoms with Crippen molar-refractivity contribution < 1.29 is 43.8 Å². The quantitative estimate of drug-likeness (QED) is 0.0952. The van der Waals surface area contributed by atoms with E-state index in [-0.39, 0.29) is 46.5 Å². The van der Waals surface area contributed by atoms with Gasteiger partial charge in [0.05, 0.1) is 28.4 Å². The Hall–Kier alpha value is -5.77. The minimum Gasteiger partial charge on any atom is -0.508 e. The molecular weight excluding hydrogens is 568 g/mol. The molecule has 6 aromatic rings. The van der Waals surface area contributed by atoms with Crippen LogP contribution in [-0.4, -0.2) is 48.9 Å². The van der Waals surface area contributed by atoms with Crippen molar-refractivity contribution in [2.75, 3.05) is 28.4 Å². The van der Waals surface area contributed by atoms with Crippen LogP contribution in [0.15, 0.2) is 69.9 Å². The number of methoxy groups -OCH3 is 4. The summed E-state index contributed by atoms with van der Waals surface area (Å²) in [6.07, 6.45) is 0.206. The molecular formula is C34H28O10. The monoisotopic (exact) mass is 596 g/mol. The van der Waals surface area contributed by atoms with Gasteiger partial charge in [-0.3, -0.25) is 4.79 Å². The predicted octanol–water partition coefficient (Wildman–Crippen LogP) is 6.21. The van der Waals surface area contributed by atoms with E-state index < -0.39 is 5.43 Å². The van der Waals surface area contributed by atoms with Crippen LogP contribution in [0.3, 0.4) is 0 Å². The van der Waals surface area contributed by atoms with E-state index in [1.165, 1.54) is 38.5 Å². The molecule has 0 amide bonds. The maximum absolute atomic E-state index is 13.5. The van der Waals surface area contributed by atoms with Crippen LogP contribution in [0.5, 0.6) is 46.0 Å². The minimum atomic E-state index is -0.497. The van der Waals surface area contributed by atoms with Gasteiger partial charge in [0.2, 0.25) is 0 Å². The molecule has 10 heteroatoms. The van der Waals surface area contributed by atoms with Crippen molar-refractivity contribution in [2.45, 2.75) is 6.42 Å². The summed E-state index contributed by atoms with van der Waals surface area (Å²) in [5.41, 5.74) is 2.22. The first kappa shape index (κ1) is 28.4. The highest BCUT2D eigenvalue weighted by atomic mass is 16.5. The first-order valence-electron chi connectivity index (χ1n) is 13.4. The molecule has 4 N–H and O–H groups in total. The molecule has 0 saturated carbocycles. The molecule has 1 heterocycles. The van der Waals surface area contributed by atoms with Gasteiger partial charge in [-0.05, 0) is 47.3 Å². The number of phenolic OH excluding ortho intramolecular Hbond substituents is 4. The number of ether oxygens (including phenoxy) is 4. The highest BCUT2D eigenvalue weighted by molar-refractivity contribution is 6.19. The zero-order chi connectivity index (χ0) is 31.3. The van der Waals surface area contributed by atoms with Crippen LogP contribution in [0.2, 0.25) is 0 Å².